The minimum Gasteiger partial charge on any atom is -0.480 e. The van der Waals surface area contributed by atoms with E-state index in [9.17, 15) is 9.90 Å². The molecule has 4 nitrogen and oxygen atoms in total. The molecule has 4 heteroatoms. The van der Waals surface area contributed by atoms with Crippen molar-refractivity contribution in [1.29, 1.82) is 5.26 Å². The zero-order valence-electron chi connectivity index (χ0n) is 13.3. The van der Waals surface area contributed by atoms with Gasteiger partial charge in [-0.2, -0.15) is 5.26 Å². The van der Waals surface area contributed by atoms with Gasteiger partial charge in [0.1, 0.15) is 6.04 Å². The van der Waals surface area contributed by atoms with E-state index in [0.717, 1.165) is 16.7 Å². The van der Waals surface area contributed by atoms with Crippen molar-refractivity contribution in [1.82, 2.24) is 5.32 Å². The van der Waals surface area contributed by atoms with Crippen molar-refractivity contribution in [3.8, 4) is 17.2 Å². The van der Waals surface area contributed by atoms with Gasteiger partial charge in [-0.15, -0.1) is 0 Å². The van der Waals surface area contributed by atoms with E-state index in [1.165, 1.54) is 0 Å². The fourth-order valence-electron chi connectivity index (χ4n) is 2.47. The van der Waals surface area contributed by atoms with Gasteiger partial charge in [-0.25, -0.2) is 0 Å². The molecule has 0 aliphatic rings. The lowest BCUT2D eigenvalue weighted by molar-refractivity contribution is -0.140. The SMILES string of the molecule is CC(C)[C@H](NCc1ccc(-c2ccccc2C#N)cc1)C(=O)O. The minimum atomic E-state index is -0.834. The number of nitrogens with zero attached hydrogens (tertiary/aromatic N) is 1. The molecular weight excluding hydrogens is 288 g/mol. The molecule has 0 saturated carbocycles. The first kappa shape index (κ1) is 16.7. The predicted octanol–water partition coefficient (Wildman–Crippen LogP) is 3.42. The Balaban J connectivity index is 2.11. The second-order valence-electron chi connectivity index (χ2n) is 5.80. The number of aliphatic carboxylic acids is 1. The van der Waals surface area contributed by atoms with Crippen LogP contribution in [0.15, 0.2) is 48.5 Å². The van der Waals surface area contributed by atoms with Gasteiger partial charge in [0.2, 0.25) is 0 Å². The van der Waals surface area contributed by atoms with E-state index < -0.39 is 12.0 Å². The van der Waals surface area contributed by atoms with Crippen LogP contribution in [0.1, 0.15) is 25.0 Å². The zero-order valence-corrected chi connectivity index (χ0v) is 13.3. The number of carbonyl (C=O) groups is 1. The van der Waals surface area contributed by atoms with Crippen LogP contribution < -0.4 is 5.32 Å². The Kier molecular flexibility index (Phi) is 5.51. The van der Waals surface area contributed by atoms with Crippen LogP contribution in [0.3, 0.4) is 0 Å². The second kappa shape index (κ2) is 7.57. The van der Waals surface area contributed by atoms with Crippen LogP contribution in [-0.4, -0.2) is 17.1 Å². The summed E-state index contributed by atoms with van der Waals surface area (Å²) in [5.41, 5.74) is 3.53. The largest absolute Gasteiger partial charge is 0.480 e. The first-order valence-electron chi connectivity index (χ1n) is 7.57. The van der Waals surface area contributed by atoms with Gasteiger partial charge in [0.25, 0.3) is 0 Å². The molecule has 2 rings (SSSR count). The summed E-state index contributed by atoms with van der Waals surface area (Å²) in [4.78, 5) is 11.2. The zero-order chi connectivity index (χ0) is 16.8. The third kappa shape index (κ3) is 4.18. The fraction of sp³-hybridized carbons (Fsp3) is 0.263. The van der Waals surface area contributed by atoms with Crippen LogP contribution in [0, 0.1) is 17.2 Å². The summed E-state index contributed by atoms with van der Waals surface area (Å²) in [6, 6.07) is 16.9. The molecule has 23 heavy (non-hydrogen) atoms. The topological polar surface area (TPSA) is 73.1 Å². The molecule has 0 saturated heterocycles. The van der Waals surface area contributed by atoms with Crippen molar-refractivity contribution in [2.45, 2.75) is 26.4 Å². The van der Waals surface area contributed by atoms with E-state index in [4.69, 9.17) is 5.26 Å². The third-order valence-electron chi connectivity index (χ3n) is 3.77. The van der Waals surface area contributed by atoms with E-state index >= 15 is 0 Å². The number of hydrogen-bond donors (Lipinski definition) is 2. The molecule has 0 aliphatic heterocycles. The maximum atomic E-state index is 11.2. The summed E-state index contributed by atoms with van der Waals surface area (Å²) in [6.45, 7) is 4.26. The van der Waals surface area contributed by atoms with E-state index in [2.05, 4.69) is 11.4 Å². The maximum Gasteiger partial charge on any atom is 0.320 e. The average Bonchev–Trinajstić information content (AvgIpc) is 2.55. The lowest BCUT2D eigenvalue weighted by Crippen LogP contribution is -2.40. The van der Waals surface area contributed by atoms with Crippen molar-refractivity contribution in [3.05, 3.63) is 59.7 Å². The molecule has 0 amide bonds. The third-order valence-corrected chi connectivity index (χ3v) is 3.77. The molecule has 0 aliphatic carbocycles. The predicted molar refractivity (Wildman–Crippen MR) is 89.7 cm³/mol. The molecule has 0 fully saturated rings. The Bertz CT molecular complexity index is 715. The van der Waals surface area contributed by atoms with Crippen LogP contribution in [0.5, 0.6) is 0 Å². The highest BCUT2D eigenvalue weighted by atomic mass is 16.4. The normalized spacial score (nSPS) is 11.9. The highest BCUT2D eigenvalue weighted by Gasteiger charge is 2.20. The summed E-state index contributed by atoms with van der Waals surface area (Å²) < 4.78 is 0. The van der Waals surface area contributed by atoms with Gasteiger partial charge in [-0.1, -0.05) is 56.3 Å². The fourth-order valence-corrected chi connectivity index (χ4v) is 2.47. The quantitative estimate of drug-likeness (QED) is 0.857. The Morgan fingerprint density at radius 3 is 2.39 bits per heavy atom. The Morgan fingerprint density at radius 1 is 1.17 bits per heavy atom. The number of benzene rings is 2. The molecule has 0 spiro atoms. The molecule has 1 atom stereocenters. The Morgan fingerprint density at radius 2 is 1.83 bits per heavy atom. The highest BCUT2D eigenvalue weighted by molar-refractivity contribution is 5.73. The molecule has 0 unspecified atom stereocenters. The summed E-state index contributed by atoms with van der Waals surface area (Å²) in [7, 11) is 0. The van der Waals surface area contributed by atoms with Gasteiger partial charge in [0, 0.05) is 6.54 Å². The van der Waals surface area contributed by atoms with Crippen LogP contribution >= 0.6 is 0 Å². The number of rotatable bonds is 6. The van der Waals surface area contributed by atoms with Crippen LogP contribution in [0.25, 0.3) is 11.1 Å². The number of nitriles is 1. The minimum absolute atomic E-state index is 0.0225. The first-order chi connectivity index (χ1) is 11.0. The number of nitrogens with one attached hydrogen (secondary N) is 1. The van der Waals surface area contributed by atoms with Crippen molar-refractivity contribution in [3.63, 3.8) is 0 Å². The smallest absolute Gasteiger partial charge is 0.320 e. The van der Waals surface area contributed by atoms with Gasteiger partial charge in [-0.05, 0) is 28.7 Å². The number of hydrogen-bond acceptors (Lipinski definition) is 3. The van der Waals surface area contributed by atoms with Gasteiger partial charge < -0.3 is 10.4 Å². The average molecular weight is 308 g/mol. The molecule has 0 heterocycles. The van der Waals surface area contributed by atoms with Crippen LogP contribution in [0.2, 0.25) is 0 Å². The van der Waals surface area contributed by atoms with Gasteiger partial charge in [-0.3, -0.25) is 4.79 Å². The van der Waals surface area contributed by atoms with E-state index in [1.807, 2.05) is 56.3 Å². The van der Waals surface area contributed by atoms with Crippen molar-refractivity contribution >= 4 is 5.97 Å². The Labute approximate surface area is 136 Å². The number of carboxylic acids is 1. The summed E-state index contributed by atoms with van der Waals surface area (Å²) >= 11 is 0. The van der Waals surface area contributed by atoms with Gasteiger partial charge in [0.05, 0.1) is 11.6 Å². The van der Waals surface area contributed by atoms with Crippen molar-refractivity contribution < 1.29 is 9.90 Å². The first-order valence-corrected chi connectivity index (χ1v) is 7.57. The molecule has 0 bridgehead atoms. The number of carboxylic acid groups (broad SMARTS) is 1. The van der Waals surface area contributed by atoms with E-state index in [1.54, 1.807) is 6.07 Å². The van der Waals surface area contributed by atoms with Crippen LogP contribution in [-0.2, 0) is 11.3 Å². The summed E-state index contributed by atoms with van der Waals surface area (Å²) in [5.74, 6) is -0.811. The summed E-state index contributed by atoms with van der Waals surface area (Å²) in [6.07, 6.45) is 0. The van der Waals surface area contributed by atoms with Crippen molar-refractivity contribution in [2.24, 2.45) is 5.92 Å². The molecule has 2 aromatic rings. The molecule has 2 N–H and O–H groups in total. The second-order valence-corrected chi connectivity index (χ2v) is 5.80. The van der Waals surface area contributed by atoms with Crippen molar-refractivity contribution in [2.75, 3.05) is 0 Å². The van der Waals surface area contributed by atoms with Crippen LogP contribution in [0.4, 0.5) is 0 Å². The molecule has 0 aromatic heterocycles. The monoisotopic (exact) mass is 308 g/mol. The van der Waals surface area contributed by atoms with E-state index in [0.29, 0.717) is 12.1 Å². The molecule has 118 valence electrons. The Hall–Kier alpha value is -2.64. The van der Waals surface area contributed by atoms with Gasteiger partial charge in [0.15, 0.2) is 0 Å². The van der Waals surface area contributed by atoms with Gasteiger partial charge >= 0.3 is 5.97 Å². The lowest BCUT2D eigenvalue weighted by Gasteiger charge is -2.18. The molecule has 2 aromatic carbocycles. The molecular formula is C19H20N2O2. The maximum absolute atomic E-state index is 11.2. The molecule has 0 radical (unpaired) electrons. The highest BCUT2D eigenvalue weighted by Crippen LogP contribution is 2.23. The summed E-state index contributed by atoms with van der Waals surface area (Å²) in [5, 5.41) is 21.4. The standard InChI is InChI=1S/C19H20N2O2/c1-13(2)18(19(22)23)21-12-14-7-9-15(10-8-14)17-6-4-3-5-16(17)11-20/h3-10,13,18,21H,12H2,1-2H3,(H,22,23)/t18-/m0/s1. The van der Waals surface area contributed by atoms with E-state index in [-0.39, 0.29) is 5.92 Å². The lowest BCUT2D eigenvalue weighted by atomic mass is 9.99.